The number of carboxylic acid groups (broad SMARTS) is 1. The first kappa shape index (κ1) is 12.3. The van der Waals surface area contributed by atoms with Gasteiger partial charge in [0.05, 0.1) is 13.7 Å². The van der Waals surface area contributed by atoms with Gasteiger partial charge in [-0.2, -0.15) is 0 Å². The van der Waals surface area contributed by atoms with Crippen LogP contribution >= 0.6 is 0 Å². The van der Waals surface area contributed by atoms with Gasteiger partial charge in [-0.1, -0.05) is 0 Å². The molecule has 1 rings (SSSR count). The minimum atomic E-state index is -1.03. The van der Waals surface area contributed by atoms with Crippen molar-refractivity contribution in [3.05, 3.63) is 23.8 Å². The van der Waals surface area contributed by atoms with E-state index in [4.69, 9.17) is 19.3 Å². The van der Waals surface area contributed by atoms with Gasteiger partial charge in [-0.3, -0.25) is 0 Å². The van der Waals surface area contributed by atoms with Crippen LogP contribution < -0.4 is 9.47 Å². The first-order valence-corrected chi connectivity index (χ1v) is 4.72. The maximum Gasteiger partial charge on any atom is 0.339 e. The third-order valence-electron chi connectivity index (χ3n) is 1.96. The van der Waals surface area contributed by atoms with Crippen molar-refractivity contribution in [2.45, 2.75) is 0 Å². The lowest BCUT2D eigenvalue weighted by molar-refractivity contribution is 0.0689. The zero-order valence-corrected chi connectivity index (χ0v) is 9.23. The molecule has 88 valence electrons. The summed E-state index contributed by atoms with van der Waals surface area (Å²) in [6.07, 6.45) is 0. The maximum absolute atomic E-state index is 10.9. The van der Waals surface area contributed by atoms with Gasteiger partial charge < -0.3 is 19.3 Å². The predicted octanol–water partition coefficient (Wildman–Crippen LogP) is 1.42. The van der Waals surface area contributed by atoms with Gasteiger partial charge in [0.15, 0.2) is 0 Å². The number of rotatable bonds is 6. The van der Waals surface area contributed by atoms with E-state index < -0.39 is 5.97 Å². The molecule has 0 aliphatic rings. The van der Waals surface area contributed by atoms with E-state index in [-0.39, 0.29) is 11.3 Å². The molecular weight excluding hydrogens is 212 g/mol. The van der Waals surface area contributed by atoms with Crippen LogP contribution in [0.3, 0.4) is 0 Å². The van der Waals surface area contributed by atoms with Crippen molar-refractivity contribution < 1.29 is 24.1 Å². The van der Waals surface area contributed by atoms with E-state index in [0.717, 1.165) is 0 Å². The molecule has 0 aliphatic carbocycles. The van der Waals surface area contributed by atoms with Crippen LogP contribution in [0.5, 0.6) is 11.5 Å². The van der Waals surface area contributed by atoms with Crippen LogP contribution in [0.15, 0.2) is 18.2 Å². The molecule has 1 aromatic rings. The predicted molar refractivity (Wildman–Crippen MR) is 57.3 cm³/mol. The van der Waals surface area contributed by atoms with Crippen LogP contribution in [0.2, 0.25) is 0 Å². The molecule has 0 saturated carbocycles. The van der Waals surface area contributed by atoms with Gasteiger partial charge in [0.1, 0.15) is 23.7 Å². The van der Waals surface area contributed by atoms with E-state index in [1.807, 2.05) is 0 Å². The molecule has 0 aromatic heterocycles. The van der Waals surface area contributed by atoms with Crippen molar-refractivity contribution in [3.8, 4) is 11.5 Å². The van der Waals surface area contributed by atoms with Crippen molar-refractivity contribution in [1.82, 2.24) is 0 Å². The van der Waals surface area contributed by atoms with Crippen LogP contribution in [0, 0.1) is 0 Å². The summed E-state index contributed by atoms with van der Waals surface area (Å²) in [5.41, 5.74) is 0.108. The minimum absolute atomic E-state index is 0.108. The summed E-state index contributed by atoms with van der Waals surface area (Å²) in [7, 11) is 3.06. The second-order valence-electron chi connectivity index (χ2n) is 3.01. The van der Waals surface area contributed by atoms with Gasteiger partial charge in [0, 0.05) is 13.2 Å². The monoisotopic (exact) mass is 226 g/mol. The molecule has 1 aromatic carbocycles. The number of hydrogen-bond donors (Lipinski definition) is 1. The Hall–Kier alpha value is -1.75. The number of ether oxygens (including phenoxy) is 3. The summed E-state index contributed by atoms with van der Waals surface area (Å²) >= 11 is 0. The molecule has 1 N–H and O–H groups in total. The Kier molecular flexibility index (Phi) is 4.60. The van der Waals surface area contributed by atoms with E-state index in [1.54, 1.807) is 19.2 Å². The third kappa shape index (κ3) is 3.13. The molecule has 16 heavy (non-hydrogen) atoms. The van der Waals surface area contributed by atoms with E-state index in [2.05, 4.69) is 0 Å². The standard InChI is InChI=1S/C11H14O5/c1-14-5-6-16-10-7-8(15-2)3-4-9(10)11(12)13/h3-4,7H,5-6H2,1-2H3,(H,12,13). The summed E-state index contributed by atoms with van der Waals surface area (Å²) in [6.45, 7) is 0.695. The molecule has 0 amide bonds. The molecule has 0 radical (unpaired) electrons. The van der Waals surface area contributed by atoms with Crippen molar-refractivity contribution in [2.24, 2.45) is 0 Å². The first-order chi connectivity index (χ1) is 7.69. The fourth-order valence-electron chi connectivity index (χ4n) is 1.16. The number of benzene rings is 1. The second kappa shape index (κ2) is 5.97. The summed E-state index contributed by atoms with van der Waals surface area (Å²) in [5, 5.41) is 8.93. The highest BCUT2D eigenvalue weighted by Gasteiger charge is 2.12. The number of aromatic carboxylic acids is 1. The van der Waals surface area contributed by atoms with Crippen molar-refractivity contribution >= 4 is 5.97 Å². The van der Waals surface area contributed by atoms with Crippen LogP contribution in [-0.4, -0.2) is 38.5 Å². The van der Waals surface area contributed by atoms with Crippen molar-refractivity contribution in [1.29, 1.82) is 0 Å². The normalized spacial score (nSPS) is 9.88. The van der Waals surface area contributed by atoms with Crippen LogP contribution in [0.1, 0.15) is 10.4 Å². The third-order valence-corrected chi connectivity index (χ3v) is 1.96. The Morgan fingerprint density at radius 3 is 2.62 bits per heavy atom. The number of carboxylic acids is 1. The Balaban J connectivity index is 2.87. The molecule has 0 unspecified atom stereocenters. The summed E-state index contributed by atoms with van der Waals surface area (Å²) in [5.74, 6) is -0.198. The van der Waals surface area contributed by atoms with Crippen molar-refractivity contribution in [2.75, 3.05) is 27.4 Å². The van der Waals surface area contributed by atoms with Gasteiger partial charge in [-0.25, -0.2) is 4.79 Å². The highest BCUT2D eigenvalue weighted by molar-refractivity contribution is 5.91. The summed E-state index contributed by atoms with van der Waals surface area (Å²) < 4.78 is 15.1. The lowest BCUT2D eigenvalue weighted by Gasteiger charge is -2.10. The van der Waals surface area contributed by atoms with Gasteiger partial charge in [-0.15, -0.1) is 0 Å². The van der Waals surface area contributed by atoms with Crippen LogP contribution in [0.25, 0.3) is 0 Å². The van der Waals surface area contributed by atoms with Gasteiger partial charge in [0.2, 0.25) is 0 Å². The average Bonchev–Trinajstić information content (AvgIpc) is 2.29. The molecule has 0 atom stereocenters. The smallest absolute Gasteiger partial charge is 0.339 e. The molecular formula is C11H14O5. The zero-order chi connectivity index (χ0) is 12.0. The highest BCUT2D eigenvalue weighted by Crippen LogP contribution is 2.24. The van der Waals surface area contributed by atoms with E-state index in [9.17, 15) is 4.79 Å². The fraction of sp³-hybridized carbons (Fsp3) is 0.364. The number of methoxy groups -OCH3 is 2. The lowest BCUT2D eigenvalue weighted by atomic mass is 10.2. The minimum Gasteiger partial charge on any atom is -0.497 e. The topological polar surface area (TPSA) is 65.0 Å². The molecule has 0 aliphatic heterocycles. The highest BCUT2D eigenvalue weighted by atomic mass is 16.5. The molecule has 5 nitrogen and oxygen atoms in total. The lowest BCUT2D eigenvalue weighted by Crippen LogP contribution is -2.08. The summed E-state index contributed by atoms with van der Waals surface area (Å²) in [4.78, 5) is 10.9. The van der Waals surface area contributed by atoms with Crippen molar-refractivity contribution in [3.63, 3.8) is 0 Å². The fourth-order valence-corrected chi connectivity index (χ4v) is 1.16. The van der Waals surface area contributed by atoms with E-state index in [0.29, 0.717) is 19.0 Å². The second-order valence-corrected chi connectivity index (χ2v) is 3.01. The Morgan fingerprint density at radius 2 is 2.06 bits per heavy atom. The average molecular weight is 226 g/mol. The van der Waals surface area contributed by atoms with Gasteiger partial charge in [0.25, 0.3) is 0 Å². The SMILES string of the molecule is COCCOc1cc(OC)ccc1C(=O)O. The Morgan fingerprint density at radius 1 is 1.31 bits per heavy atom. The first-order valence-electron chi connectivity index (χ1n) is 4.72. The quantitative estimate of drug-likeness (QED) is 0.743. The number of carbonyl (C=O) groups is 1. The van der Waals surface area contributed by atoms with Gasteiger partial charge >= 0.3 is 5.97 Å². The maximum atomic E-state index is 10.9. The molecule has 0 saturated heterocycles. The van der Waals surface area contributed by atoms with Gasteiger partial charge in [-0.05, 0) is 12.1 Å². The van der Waals surface area contributed by atoms with E-state index in [1.165, 1.54) is 13.2 Å². The molecule has 0 bridgehead atoms. The van der Waals surface area contributed by atoms with E-state index >= 15 is 0 Å². The summed E-state index contributed by atoms with van der Waals surface area (Å²) in [6, 6.07) is 4.56. The zero-order valence-electron chi connectivity index (χ0n) is 9.23. The molecule has 5 heteroatoms. The molecule has 0 spiro atoms. The molecule has 0 fully saturated rings. The van der Waals surface area contributed by atoms with Crippen LogP contribution in [0.4, 0.5) is 0 Å². The Bertz CT molecular complexity index is 361. The van der Waals surface area contributed by atoms with Crippen LogP contribution in [-0.2, 0) is 4.74 Å². The Labute approximate surface area is 93.6 Å². The molecule has 0 heterocycles. The number of hydrogen-bond acceptors (Lipinski definition) is 4. The largest absolute Gasteiger partial charge is 0.497 e.